The molecular weight excluding hydrogens is 490 g/mol. The Morgan fingerprint density at radius 3 is 1.98 bits per heavy atom. The van der Waals surface area contributed by atoms with Gasteiger partial charge in [0, 0.05) is 26.1 Å². The standard InChI is InChI=1S/C12H24.C11H13N3.C7H14O.C4H8.C2H6/c1-3-5-6-12-9-7-11(4-2)8-10-12;1-8-12-10-7-5-4-6-9(10)11(13-8)14(2)3;1-3-5-7-8-6-4-2;1-3-4-2;1-2/h11-12H,3-10H2,1-2H3;4-7H,1-3H3;4H,2-3,5-7H2,1H3;3-4H,1-2H3;1-2H3/b;;;4-3-;. The lowest BCUT2D eigenvalue weighted by molar-refractivity contribution is 0.159. The predicted octanol–water partition coefficient (Wildman–Crippen LogP) is 11.0. The molecule has 0 spiro atoms. The van der Waals surface area contributed by atoms with Gasteiger partial charge in [0.15, 0.2) is 0 Å². The van der Waals surface area contributed by atoms with Crippen LogP contribution in [0.5, 0.6) is 0 Å². The Kier molecular flexibility index (Phi) is 28.3. The number of fused-ring (bicyclic) bond motifs is 1. The van der Waals surface area contributed by atoms with E-state index in [1.165, 1.54) is 57.8 Å². The van der Waals surface area contributed by atoms with E-state index in [1.807, 2.05) is 90.0 Å². The van der Waals surface area contributed by atoms with Crippen LogP contribution in [0.3, 0.4) is 0 Å². The van der Waals surface area contributed by atoms with Crippen LogP contribution in [-0.4, -0.2) is 37.3 Å². The van der Waals surface area contributed by atoms with Crippen molar-refractivity contribution in [1.29, 1.82) is 0 Å². The zero-order chi connectivity index (χ0) is 30.6. The third kappa shape index (κ3) is 19.8. The maximum Gasteiger partial charge on any atom is 0.139 e. The molecule has 1 aliphatic rings. The SMILES string of the molecule is C/C=C\C.C=CCOCCCC.CC.CCCCC1CCC(CC)CC1.Cc1nc(N(C)C)c2ccccc2n1. The summed E-state index contributed by atoms with van der Waals surface area (Å²) in [6.07, 6.45) is 20.0. The maximum absolute atomic E-state index is 5.11. The van der Waals surface area contributed by atoms with Gasteiger partial charge in [0.25, 0.3) is 0 Å². The van der Waals surface area contributed by atoms with Crippen LogP contribution in [-0.2, 0) is 4.74 Å². The molecule has 1 aliphatic carbocycles. The van der Waals surface area contributed by atoms with Crippen molar-refractivity contribution in [2.24, 2.45) is 11.8 Å². The summed E-state index contributed by atoms with van der Waals surface area (Å²) in [5.74, 6) is 3.95. The fourth-order valence-corrected chi connectivity index (χ4v) is 4.35. The van der Waals surface area contributed by atoms with Crippen molar-refractivity contribution in [1.82, 2.24) is 9.97 Å². The summed E-state index contributed by atoms with van der Waals surface area (Å²) < 4.78 is 5.11. The second kappa shape index (κ2) is 28.3. The fourth-order valence-electron chi connectivity index (χ4n) is 4.35. The van der Waals surface area contributed by atoms with Gasteiger partial charge in [0.2, 0.25) is 0 Å². The van der Waals surface area contributed by atoms with E-state index < -0.39 is 0 Å². The average Bonchev–Trinajstić information content (AvgIpc) is 3.00. The van der Waals surface area contributed by atoms with Crippen LogP contribution >= 0.6 is 0 Å². The highest BCUT2D eigenvalue weighted by molar-refractivity contribution is 5.89. The van der Waals surface area contributed by atoms with Crippen LogP contribution < -0.4 is 4.90 Å². The molecule has 2 aromatic rings. The second-order valence-corrected chi connectivity index (χ2v) is 10.3. The first-order valence-electron chi connectivity index (χ1n) is 16.0. The average molecular weight is 556 g/mol. The molecule has 1 aromatic heterocycles. The summed E-state index contributed by atoms with van der Waals surface area (Å²) in [6, 6.07) is 8.06. The maximum atomic E-state index is 5.11. The quantitative estimate of drug-likeness (QED) is 0.216. The largest absolute Gasteiger partial charge is 0.377 e. The highest BCUT2D eigenvalue weighted by atomic mass is 16.5. The molecule has 1 aromatic carbocycles. The zero-order valence-corrected chi connectivity index (χ0v) is 28.1. The number of aryl methyl sites for hydroxylation is 1. The van der Waals surface area contributed by atoms with Crippen molar-refractivity contribution in [2.45, 2.75) is 120 Å². The first-order chi connectivity index (χ1) is 19.4. The molecule has 4 nitrogen and oxygen atoms in total. The molecule has 4 heteroatoms. The number of anilines is 1. The Bertz CT molecular complexity index is 850. The van der Waals surface area contributed by atoms with Gasteiger partial charge < -0.3 is 9.64 Å². The molecule has 230 valence electrons. The summed E-state index contributed by atoms with van der Waals surface area (Å²) in [6.45, 7) is 21.8. The summed E-state index contributed by atoms with van der Waals surface area (Å²) in [5, 5.41) is 1.10. The molecule has 0 N–H and O–H groups in total. The van der Waals surface area contributed by atoms with Crippen molar-refractivity contribution in [3.63, 3.8) is 0 Å². The number of benzene rings is 1. The zero-order valence-electron chi connectivity index (χ0n) is 28.1. The van der Waals surface area contributed by atoms with Gasteiger partial charge >= 0.3 is 0 Å². The summed E-state index contributed by atoms with van der Waals surface area (Å²) in [7, 11) is 3.99. The summed E-state index contributed by atoms with van der Waals surface area (Å²) in [5.41, 5.74) is 1.00. The van der Waals surface area contributed by atoms with Gasteiger partial charge in [0.1, 0.15) is 11.6 Å². The first kappa shape index (κ1) is 39.9. The van der Waals surface area contributed by atoms with E-state index in [0.29, 0.717) is 6.61 Å². The third-order valence-electron chi connectivity index (χ3n) is 6.84. The van der Waals surface area contributed by atoms with E-state index in [1.54, 1.807) is 6.08 Å². The van der Waals surface area contributed by atoms with E-state index >= 15 is 0 Å². The number of ether oxygens (including phenoxy) is 1. The van der Waals surface area contributed by atoms with E-state index in [4.69, 9.17) is 4.74 Å². The second-order valence-electron chi connectivity index (χ2n) is 10.3. The molecule has 3 rings (SSSR count). The molecule has 1 saturated carbocycles. The van der Waals surface area contributed by atoms with Crippen molar-refractivity contribution < 1.29 is 4.74 Å². The van der Waals surface area contributed by atoms with Crippen LogP contribution in [0.4, 0.5) is 5.82 Å². The molecule has 40 heavy (non-hydrogen) atoms. The van der Waals surface area contributed by atoms with Crippen molar-refractivity contribution >= 4 is 16.7 Å². The number of allylic oxidation sites excluding steroid dienone is 2. The van der Waals surface area contributed by atoms with E-state index in [2.05, 4.69) is 37.3 Å². The third-order valence-corrected chi connectivity index (χ3v) is 6.84. The highest BCUT2D eigenvalue weighted by Gasteiger charge is 2.18. The molecule has 0 bridgehead atoms. The lowest BCUT2D eigenvalue weighted by atomic mass is 9.79. The fraction of sp³-hybridized carbons (Fsp3) is 0.667. The van der Waals surface area contributed by atoms with Crippen molar-refractivity contribution in [2.75, 3.05) is 32.2 Å². The smallest absolute Gasteiger partial charge is 0.139 e. The number of aromatic nitrogens is 2. The Morgan fingerprint density at radius 2 is 1.48 bits per heavy atom. The minimum Gasteiger partial charge on any atom is -0.377 e. The van der Waals surface area contributed by atoms with Gasteiger partial charge in [-0.15, -0.1) is 6.58 Å². The van der Waals surface area contributed by atoms with Gasteiger partial charge in [-0.2, -0.15) is 0 Å². The summed E-state index contributed by atoms with van der Waals surface area (Å²) >= 11 is 0. The first-order valence-corrected chi connectivity index (χ1v) is 16.0. The normalized spacial score (nSPS) is 15.8. The number of para-hydroxylation sites is 1. The molecular formula is C36H65N3O. The number of hydrogen-bond donors (Lipinski definition) is 0. The van der Waals surface area contributed by atoms with Crippen LogP contribution in [0.1, 0.15) is 118 Å². The highest BCUT2D eigenvalue weighted by Crippen LogP contribution is 2.33. The number of nitrogens with zero attached hydrogens (tertiary/aromatic N) is 3. The minimum absolute atomic E-state index is 0.694. The minimum atomic E-state index is 0.694. The van der Waals surface area contributed by atoms with E-state index in [0.717, 1.165) is 47.4 Å². The van der Waals surface area contributed by atoms with Gasteiger partial charge in [-0.1, -0.05) is 123 Å². The van der Waals surface area contributed by atoms with Gasteiger partial charge in [-0.25, -0.2) is 9.97 Å². The number of rotatable bonds is 10. The lowest BCUT2D eigenvalue weighted by Crippen LogP contribution is -2.13. The van der Waals surface area contributed by atoms with Crippen LogP contribution in [0.25, 0.3) is 10.9 Å². The van der Waals surface area contributed by atoms with Crippen LogP contribution in [0.15, 0.2) is 49.1 Å². The topological polar surface area (TPSA) is 38.2 Å². The molecule has 0 radical (unpaired) electrons. The van der Waals surface area contributed by atoms with E-state index in [-0.39, 0.29) is 0 Å². The molecule has 0 saturated heterocycles. The lowest BCUT2D eigenvalue weighted by Gasteiger charge is -2.27. The Balaban J connectivity index is 0. The molecule has 0 amide bonds. The molecule has 1 fully saturated rings. The van der Waals surface area contributed by atoms with Gasteiger partial charge in [0.05, 0.1) is 12.1 Å². The predicted molar refractivity (Wildman–Crippen MR) is 182 cm³/mol. The van der Waals surface area contributed by atoms with Crippen molar-refractivity contribution in [3.05, 3.63) is 54.9 Å². The van der Waals surface area contributed by atoms with Crippen molar-refractivity contribution in [3.8, 4) is 0 Å². The Labute approximate surface area is 249 Å². The Hall–Kier alpha value is -2.20. The molecule has 0 atom stereocenters. The number of unbranched alkanes of at least 4 members (excludes halogenated alkanes) is 2. The van der Waals surface area contributed by atoms with Crippen LogP contribution in [0, 0.1) is 18.8 Å². The van der Waals surface area contributed by atoms with E-state index in [9.17, 15) is 0 Å². The Morgan fingerprint density at radius 1 is 0.900 bits per heavy atom. The molecule has 0 aliphatic heterocycles. The van der Waals surface area contributed by atoms with Gasteiger partial charge in [-0.05, 0) is 51.2 Å². The summed E-state index contributed by atoms with van der Waals surface area (Å²) in [4.78, 5) is 10.8. The molecule has 1 heterocycles. The van der Waals surface area contributed by atoms with Crippen LogP contribution in [0.2, 0.25) is 0 Å². The molecule has 0 unspecified atom stereocenters. The monoisotopic (exact) mass is 556 g/mol. The van der Waals surface area contributed by atoms with Gasteiger partial charge in [-0.3, -0.25) is 0 Å². The number of hydrogen-bond acceptors (Lipinski definition) is 4.